The Labute approximate surface area is 157 Å². The molecule has 0 bridgehead atoms. The highest BCUT2D eigenvalue weighted by Gasteiger charge is 2.48. The van der Waals surface area contributed by atoms with E-state index in [1.54, 1.807) is 13.0 Å². The molecular formula is C20H26N4O3. The van der Waals surface area contributed by atoms with Crippen LogP contribution in [-0.2, 0) is 4.79 Å². The van der Waals surface area contributed by atoms with Crippen molar-refractivity contribution in [3.05, 3.63) is 28.2 Å². The second-order valence-electron chi connectivity index (χ2n) is 8.49. The number of fused-ring (bicyclic) bond motifs is 2. The number of nitrogens with zero attached hydrogens (tertiary/aromatic N) is 4. The zero-order valence-electron chi connectivity index (χ0n) is 15.9. The third kappa shape index (κ3) is 2.66. The van der Waals surface area contributed by atoms with Crippen molar-refractivity contribution in [3.8, 4) is 0 Å². The first kappa shape index (κ1) is 16.8. The number of aromatic nitrogens is 2. The van der Waals surface area contributed by atoms with Gasteiger partial charge in [-0.15, -0.1) is 4.57 Å². The highest BCUT2D eigenvalue weighted by molar-refractivity contribution is 5.80. The molecule has 2 aromatic rings. The zero-order valence-corrected chi connectivity index (χ0v) is 15.9. The van der Waals surface area contributed by atoms with Gasteiger partial charge in [-0.25, -0.2) is 4.98 Å². The summed E-state index contributed by atoms with van der Waals surface area (Å²) in [6.45, 7) is 3.33. The lowest BCUT2D eigenvalue weighted by molar-refractivity contribution is -0.143. The van der Waals surface area contributed by atoms with Crippen molar-refractivity contribution in [1.29, 1.82) is 0 Å². The number of aryl methyl sites for hydroxylation is 1. The zero-order chi connectivity index (χ0) is 18.7. The first-order chi connectivity index (χ1) is 13.0. The van der Waals surface area contributed by atoms with Crippen LogP contribution in [0, 0.1) is 24.7 Å². The smallest absolute Gasteiger partial charge is 0.289 e. The van der Waals surface area contributed by atoms with E-state index in [-0.39, 0.29) is 17.5 Å². The van der Waals surface area contributed by atoms with Crippen LogP contribution in [0.4, 0.5) is 5.82 Å². The van der Waals surface area contributed by atoms with E-state index in [2.05, 4.69) is 9.88 Å². The fraction of sp³-hybridized carbons (Fsp3) is 0.650. The molecule has 3 aliphatic rings. The number of anilines is 1. The molecule has 1 amide bonds. The van der Waals surface area contributed by atoms with E-state index in [0.29, 0.717) is 29.1 Å². The highest BCUT2D eigenvalue weighted by atomic mass is 16.5. The Morgan fingerprint density at radius 2 is 2.15 bits per heavy atom. The Kier molecular flexibility index (Phi) is 3.81. The first-order valence-corrected chi connectivity index (χ1v) is 10.0. The van der Waals surface area contributed by atoms with Crippen molar-refractivity contribution in [2.75, 3.05) is 25.0 Å². The van der Waals surface area contributed by atoms with Crippen LogP contribution in [0.2, 0.25) is 0 Å². The van der Waals surface area contributed by atoms with Gasteiger partial charge >= 0.3 is 0 Å². The quantitative estimate of drug-likeness (QED) is 0.827. The van der Waals surface area contributed by atoms with Crippen LogP contribution in [0.5, 0.6) is 0 Å². The van der Waals surface area contributed by atoms with E-state index in [1.807, 2.05) is 11.9 Å². The van der Waals surface area contributed by atoms with Crippen LogP contribution in [0.15, 0.2) is 21.5 Å². The fourth-order valence-electron chi connectivity index (χ4n) is 5.36. The summed E-state index contributed by atoms with van der Waals surface area (Å²) in [6.07, 6.45) is 5.82. The Morgan fingerprint density at radius 3 is 2.96 bits per heavy atom. The summed E-state index contributed by atoms with van der Waals surface area (Å²) in [5.41, 5.74) is 0.322. The van der Waals surface area contributed by atoms with Crippen LogP contribution < -0.4 is 10.5 Å². The van der Waals surface area contributed by atoms with Gasteiger partial charge in [-0.05, 0) is 38.0 Å². The number of carbonyl (C=O) groups is 1. The molecule has 7 heteroatoms. The fourth-order valence-corrected chi connectivity index (χ4v) is 5.36. The Bertz CT molecular complexity index is 948. The van der Waals surface area contributed by atoms with Gasteiger partial charge in [0.05, 0.1) is 6.04 Å². The van der Waals surface area contributed by atoms with Crippen LogP contribution >= 0.6 is 0 Å². The van der Waals surface area contributed by atoms with E-state index in [0.717, 1.165) is 31.8 Å². The molecule has 3 fully saturated rings. The molecule has 0 spiro atoms. The average molecular weight is 370 g/mol. The second kappa shape index (κ2) is 6.11. The van der Waals surface area contributed by atoms with E-state index >= 15 is 0 Å². The minimum absolute atomic E-state index is 0.185. The molecule has 0 radical (unpaired) electrons. The van der Waals surface area contributed by atoms with Crippen molar-refractivity contribution < 1.29 is 9.32 Å². The predicted octanol–water partition coefficient (Wildman–Crippen LogP) is 2.07. The molecule has 4 unspecified atom stereocenters. The first-order valence-electron chi connectivity index (χ1n) is 10.0. The van der Waals surface area contributed by atoms with Gasteiger partial charge in [-0.3, -0.25) is 9.59 Å². The SMILES string of the molecule is Cc1cc2nc(N3CCC(N(C)C(=O)C4CC5CCCC54)C3)cc(=O)n2o1. The van der Waals surface area contributed by atoms with Crippen LogP contribution in [-0.4, -0.2) is 46.5 Å². The van der Waals surface area contributed by atoms with Crippen molar-refractivity contribution in [3.63, 3.8) is 0 Å². The van der Waals surface area contributed by atoms with E-state index in [1.165, 1.54) is 29.9 Å². The normalized spacial score (nSPS) is 29.8. The summed E-state index contributed by atoms with van der Waals surface area (Å²) in [7, 11) is 1.95. The van der Waals surface area contributed by atoms with Crippen molar-refractivity contribution in [2.45, 2.75) is 45.1 Å². The Balaban J connectivity index is 1.29. The molecule has 2 saturated carbocycles. The molecule has 2 aromatic heterocycles. The maximum atomic E-state index is 13.0. The summed E-state index contributed by atoms with van der Waals surface area (Å²) >= 11 is 0. The summed E-state index contributed by atoms with van der Waals surface area (Å²) in [5, 5.41) is 0. The van der Waals surface area contributed by atoms with E-state index in [4.69, 9.17) is 4.52 Å². The summed E-state index contributed by atoms with van der Waals surface area (Å²) in [5.74, 6) is 3.32. The van der Waals surface area contributed by atoms with Crippen molar-refractivity contribution in [1.82, 2.24) is 14.5 Å². The molecule has 1 saturated heterocycles. The molecule has 0 aromatic carbocycles. The third-order valence-corrected chi connectivity index (χ3v) is 6.95. The summed E-state index contributed by atoms with van der Waals surface area (Å²) in [6, 6.07) is 3.47. The maximum absolute atomic E-state index is 13.0. The van der Waals surface area contributed by atoms with Crippen LogP contribution in [0.3, 0.4) is 0 Å². The summed E-state index contributed by atoms with van der Waals surface area (Å²) in [4.78, 5) is 33.9. The number of hydrogen-bond acceptors (Lipinski definition) is 5. The lowest BCUT2D eigenvalue weighted by Crippen LogP contribution is -2.49. The molecular weight excluding hydrogens is 344 g/mol. The van der Waals surface area contributed by atoms with Crippen molar-refractivity contribution in [2.24, 2.45) is 17.8 Å². The second-order valence-corrected chi connectivity index (χ2v) is 8.49. The molecule has 1 aliphatic heterocycles. The van der Waals surface area contributed by atoms with Gasteiger partial charge in [0.25, 0.3) is 5.56 Å². The molecule has 4 atom stereocenters. The minimum Gasteiger partial charge on any atom is -0.375 e. The van der Waals surface area contributed by atoms with Gasteiger partial charge in [0.2, 0.25) is 5.91 Å². The van der Waals surface area contributed by atoms with Crippen LogP contribution in [0.25, 0.3) is 5.65 Å². The molecule has 3 heterocycles. The number of carbonyl (C=O) groups excluding carboxylic acids is 1. The topological polar surface area (TPSA) is 71.1 Å². The monoisotopic (exact) mass is 370 g/mol. The van der Waals surface area contributed by atoms with Gasteiger partial charge in [0.1, 0.15) is 11.6 Å². The summed E-state index contributed by atoms with van der Waals surface area (Å²) < 4.78 is 6.58. The van der Waals surface area contributed by atoms with Gasteiger partial charge in [0, 0.05) is 38.2 Å². The molecule has 2 aliphatic carbocycles. The van der Waals surface area contributed by atoms with Gasteiger partial charge in [-0.1, -0.05) is 12.8 Å². The standard InChI is InChI=1S/C20H26N4O3/c1-12-8-18-21-17(10-19(25)24(18)27-12)23-7-6-14(11-23)22(2)20(26)16-9-13-4-3-5-15(13)16/h8,10,13-16H,3-7,9,11H2,1-2H3. The van der Waals surface area contributed by atoms with Gasteiger partial charge < -0.3 is 14.3 Å². The largest absolute Gasteiger partial charge is 0.375 e. The maximum Gasteiger partial charge on any atom is 0.289 e. The van der Waals surface area contributed by atoms with Crippen LogP contribution in [0.1, 0.15) is 37.9 Å². The molecule has 0 N–H and O–H groups in total. The number of hydrogen-bond donors (Lipinski definition) is 0. The molecule has 27 heavy (non-hydrogen) atoms. The van der Waals surface area contributed by atoms with Crippen molar-refractivity contribution >= 4 is 17.4 Å². The number of rotatable bonds is 3. The molecule has 5 rings (SSSR count). The predicted molar refractivity (Wildman–Crippen MR) is 101 cm³/mol. The minimum atomic E-state index is -0.210. The Hall–Kier alpha value is -2.31. The van der Waals surface area contributed by atoms with E-state index < -0.39 is 0 Å². The Morgan fingerprint density at radius 1 is 1.30 bits per heavy atom. The molecule has 7 nitrogen and oxygen atoms in total. The van der Waals surface area contributed by atoms with Gasteiger partial charge in [-0.2, -0.15) is 0 Å². The lowest BCUT2D eigenvalue weighted by atomic mass is 9.66. The lowest BCUT2D eigenvalue weighted by Gasteiger charge is -2.42. The number of amides is 1. The van der Waals surface area contributed by atoms with Gasteiger partial charge in [0.15, 0.2) is 5.65 Å². The number of likely N-dealkylation sites (N-methyl/N-ethyl adjacent to an activating group) is 1. The average Bonchev–Trinajstić information content (AvgIpc) is 3.33. The van der Waals surface area contributed by atoms with E-state index in [9.17, 15) is 9.59 Å². The highest BCUT2D eigenvalue weighted by Crippen LogP contribution is 2.51. The third-order valence-electron chi connectivity index (χ3n) is 6.95. The molecule has 144 valence electrons.